The highest BCUT2D eigenvalue weighted by Crippen LogP contribution is 2.26. The van der Waals surface area contributed by atoms with Gasteiger partial charge in [0.25, 0.3) is 0 Å². The molecule has 1 aromatic heterocycles. The summed E-state index contributed by atoms with van der Waals surface area (Å²) >= 11 is 5.54. The van der Waals surface area contributed by atoms with E-state index >= 15 is 0 Å². The molecule has 0 unspecified atom stereocenters. The fourth-order valence-electron chi connectivity index (χ4n) is 4.88. The number of likely N-dealkylation sites (tertiary alicyclic amines) is 1. The van der Waals surface area contributed by atoms with E-state index in [0.29, 0.717) is 5.11 Å². The second-order valence-electron chi connectivity index (χ2n) is 8.96. The topological polar surface area (TPSA) is 52.7 Å². The monoisotopic (exact) mass is 455 g/mol. The third-order valence-corrected chi connectivity index (χ3v) is 6.97. The molecule has 2 saturated heterocycles. The van der Waals surface area contributed by atoms with Crippen LogP contribution in [-0.2, 0) is 4.74 Å². The van der Waals surface area contributed by atoms with Crippen LogP contribution in [0.3, 0.4) is 0 Å². The van der Waals surface area contributed by atoms with E-state index in [1.54, 1.807) is 0 Å². The number of benzene rings is 1. The number of piperidine rings is 1. The molecular weight excluding hydrogens is 418 g/mol. The molecule has 0 radical (unpaired) electrons. The Labute approximate surface area is 197 Å². The molecule has 1 atom stereocenters. The fourth-order valence-corrected chi connectivity index (χ4v) is 5.10. The maximum atomic E-state index is 5.54. The second kappa shape index (κ2) is 11.3. The van der Waals surface area contributed by atoms with E-state index in [9.17, 15) is 0 Å². The highest BCUT2D eigenvalue weighted by molar-refractivity contribution is 7.80. The molecule has 0 amide bonds. The molecule has 0 spiro atoms. The van der Waals surface area contributed by atoms with Gasteiger partial charge in [0.1, 0.15) is 5.82 Å². The maximum Gasteiger partial charge on any atom is 0.170 e. The van der Waals surface area contributed by atoms with Crippen molar-refractivity contribution >= 4 is 39.7 Å². The summed E-state index contributed by atoms with van der Waals surface area (Å²) in [5.41, 5.74) is 3.25. The molecule has 2 fully saturated rings. The number of ether oxygens (including phenoxy) is 1. The summed E-state index contributed by atoms with van der Waals surface area (Å²) in [6.07, 6.45) is 6.46. The maximum absolute atomic E-state index is 5.54. The Balaban J connectivity index is 1.29. The van der Waals surface area contributed by atoms with Crippen molar-refractivity contribution in [3.05, 3.63) is 29.8 Å². The van der Waals surface area contributed by atoms with E-state index in [1.165, 1.54) is 37.8 Å². The number of rotatable bonds is 7. The zero-order chi connectivity index (χ0) is 22.3. The number of thiocarbonyl (C=S) groups is 1. The first-order chi connectivity index (χ1) is 15.6. The number of hydrogen-bond donors (Lipinski definition) is 2. The van der Waals surface area contributed by atoms with Gasteiger partial charge in [-0.15, -0.1) is 0 Å². The molecule has 2 N–H and O–H groups in total. The Morgan fingerprint density at radius 2 is 2.03 bits per heavy atom. The third kappa shape index (κ3) is 5.88. The normalized spacial score (nSPS) is 19.8. The first-order valence-corrected chi connectivity index (χ1v) is 12.6. The van der Waals surface area contributed by atoms with Gasteiger partial charge in [0.05, 0.1) is 18.7 Å². The Morgan fingerprint density at radius 3 is 2.84 bits per heavy atom. The van der Waals surface area contributed by atoms with Crippen molar-refractivity contribution in [2.75, 3.05) is 56.2 Å². The summed E-state index contributed by atoms with van der Waals surface area (Å²) < 4.78 is 5.47. The zero-order valence-electron chi connectivity index (χ0n) is 19.5. The van der Waals surface area contributed by atoms with Crippen molar-refractivity contribution < 1.29 is 4.74 Å². The van der Waals surface area contributed by atoms with Crippen LogP contribution in [0, 0.1) is 6.92 Å². The number of aryl methyl sites for hydroxylation is 1. The lowest BCUT2D eigenvalue weighted by atomic mass is 10.00. The predicted octanol–water partition coefficient (Wildman–Crippen LogP) is 4.32. The molecule has 1 aromatic carbocycles. The van der Waals surface area contributed by atoms with Crippen LogP contribution >= 0.6 is 12.2 Å². The molecule has 6 nitrogen and oxygen atoms in total. The van der Waals surface area contributed by atoms with Gasteiger partial charge in [0.15, 0.2) is 5.11 Å². The number of nitrogens with one attached hydrogen (secondary N) is 2. The second-order valence-corrected chi connectivity index (χ2v) is 9.37. The van der Waals surface area contributed by atoms with Gasteiger partial charge in [-0.3, -0.25) is 0 Å². The van der Waals surface area contributed by atoms with Crippen LogP contribution in [-0.4, -0.2) is 67.0 Å². The Bertz CT molecular complexity index is 915. The number of fused-ring (bicyclic) bond motifs is 1. The summed E-state index contributed by atoms with van der Waals surface area (Å²) in [4.78, 5) is 9.85. The van der Waals surface area contributed by atoms with Crippen LogP contribution in [0.25, 0.3) is 10.9 Å². The van der Waals surface area contributed by atoms with E-state index in [2.05, 4.69) is 58.5 Å². The molecule has 2 aliphatic heterocycles. The van der Waals surface area contributed by atoms with Gasteiger partial charge in [0.2, 0.25) is 0 Å². The highest BCUT2D eigenvalue weighted by atomic mass is 32.1. The Hall–Kier alpha value is -1.96. The van der Waals surface area contributed by atoms with Gasteiger partial charge in [-0.2, -0.15) is 0 Å². The number of pyridine rings is 1. The van der Waals surface area contributed by atoms with Gasteiger partial charge >= 0.3 is 0 Å². The lowest BCUT2D eigenvalue weighted by molar-refractivity contribution is 0.122. The predicted molar refractivity (Wildman–Crippen MR) is 138 cm³/mol. The quantitative estimate of drug-likeness (QED) is 0.476. The van der Waals surface area contributed by atoms with Crippen molar-refractivity contribution in [3.8, 4) is 0 Å². The first kappa shape index (κ1) is 23.2. The van der Waals surface area contributed by atoms with Crippen molar-refractivity contribution in [3.63, 3.8) is 0 Å². The van der Waals surface area contributed by atoms with Crippen LogP contribution in [0.2, 0.25) is 0 Å². The number of aromatic nitrogens is 1. The van der Waals surface area contributed by atoms with Crippen molar-refractivity contribution in [1.29, 1.82) is 0 Å². The van der Waals surface area contributed by atoms with Crippen molar-refractivity contribution in [1.82, 2.24) is 15.2 Å². The largest absolute Gasteiger partial charge is 0.378 e. The van der Waals surface area contributed by atoms with Crippen LogP contribution in [0.4, 0.5) is 11.5 Å². The molecule has 0 saturated carbocycles. The molecule has 2 aliphatic rings. The van der Waals surface area contributed by atoms with Crippen LogP contribution in [0.1, 0.15) is 44.6 Å². The molecule has 4 rings (SSSR count). The lowest BCUT2D eigenvalue weighted by Gasteiger charge is -2.35. The van der Waals surface area contributed by atoms with E-state index in [-0.39, 0.29) is 0 Å². The van der Waals surface area contributed by atoms with E-state index in [4.69, 9.17) is 21.9 Å². The summed E-state index contributed by atoms with van der Waals surface area (Å²) in [7, 11) is 0. The molecular formula is C25H37N5OS. The van der Waals surface area contributed by atoms with Crippen LogP contribution in [0.5, 0.6) is 0 Å². The summed E-state index contributed by atoms with van der Waals surface area (Å²) in [6.45, 7) is 11.1. The van der Waals surface area contributed by atoms with E-state index in [0.717, 1.165) is 74.3 Å². The summed E-state index contributed by atoms with van der Waals surface area (Å²) in [5, 5.41) is 8.57. The molecule has 174 valence electrons. The fraction of sp³-hybridized carbons (Fsp3) is 0.600. The first-order valence-electron chi connectivity index (χ1n) is 12.2. The van der Waals surface area contributed by atoms with Crippen LogP contribution < -0.4 is 15.5 Å². The minimum absolute atomic E-state index is 0.686. The summed E-state index contributed by atoms with van der Waals surface area (Å²) in [6, 6.07) is 9.24. The highest BCUT2D eigenvalue weighted by Gasteiger charge is 2.19. The van der Waals surface area contributed by atoms with Gasteiger partial charge in [-0.05, 0) is 81.2 Å². The molecule has 7 heteroatoms. The van der Waals surface area contributed by atoms with Crippen LogP contribution in [0.15, 0.2) is 24.3 Å². The number of anilines is 2. The van der Waals surface area contributed by atoms with Crippen molar-refractivity contribution in [2.24, 2.45) is 0 Å². The molecule has 3 heterocycles. The van der Waals surface area contributed by atoms with Gasteiger partial charge in [0, 0.05) is 43.3 Å². The number of nitrogens with zero attached hydrogens (tertiary/aromatic N) is 3. The Kier molecular flexibility index (Phi) is 8.16. The standard InChI is InChI=1S/C25H37N5OS/c1-3-21-7-4-5-11-29(21)12-6-10-26-25(32)27-20-8-9-23-22(18-20)19(2)17-24(28-23)30-13-15-31-16-14-30/h8-9,17-18,21H,3-7,10-16H2,1-2H3,(H2,26,27,32)/t21-/m0/s1. The third-order valence-electron chi connectivity index (χ3n) is 6.72. The van der Waals surface area contributed by atoms with Gasteiger partial charge in [-0.25, -0.2) is 4.98 Å². The van der Waals surface area contributed by atoms with Crippen molar-refractivity contribution in [2.45, 2.75) is 52.0 Å². The smallest absolute Gasteiger partial charge is 0.170 e. The number of morpholine rings is 1. The SMILES string of the molecule is CC[C@H]1CCCCN1CCCNC(=S)Nc1ccc2nc(N3CCOCC3)cc(C)c2c1. The molecule has 0 bridgehead atoms. The summed E-state index contributed by atoms with van der Waals surface area (Å²) in [5.74, 6) is 1.04. The van der Waals surface area contributed by atoms with Gasteiger partial charge in [-0.1, -0.05) is 13.3 Å². The minimum atomic E-state index is 0.686. The van der Waals surface area contributed by atoms with E-state index < -0.39 is 0 Å². The minimum Gasteiger partial charge on any atom is -0.378 e. The van der Waals surface area contributed by atoms with Gasteiger partial charge < -0.3 is 25.2 Å². The molecule has 0 aliphatic carbocycles. The average molecular weight is 456 g/mol. The lowest BCUT2D eigenvalue weighted by Crippen LogP contribution is -2.40. The molecule has 32 heavy (non-hydrogen) atoms. The zero-order valence-corrected chi connectivity index (χ0v) is 20.3. The molecule has 2 aromatic rings. The number of hydrogen-bond acceptors (Lipinski definition) is 5. The Morgan fingerprint density at radius 1 is 1.19 bits per heavy atom. The average Bonchev–Trinajstić information content (AvgIpc) is 2.83. The van der Waals surface area contributed by atoms with E-state index in [1.807, 2.05) is 0 Å².